The summed E-state index contributed by atoms with van der Waals surface area (Å²) in [5, 5.41) is 14.7. The zero-order valence-corrected chi connectivity index (χ0v) is 24.2. The second-order valence-corrected chi connectivity index (χ2v) is 11.8. The Labute approximate surface area is 245 Å². The Morgan fingerprint density at radius 3 is 2.69 bits per heavy atom. The Kier molecular flexibility index (Phi) is 8.06. The average Bonchev–Trinajstić information content (AvgIpc) is 3.22. The summed E-state index contributed by atoms with van der Waals surface area (Å²) < 4.78 is 7.81. The van der Waals surface area contributed by atoms with Crippen molar-refractivity contribution in [1.82, 2.24) is 20.2 Å². The number of nitrogens with zero attached hydrogens (tertiary/aromatic N) is 3. The predicted octanol–water partition coefficient (Wildman–Crippen LogP) is 5.08. The van der Waals surface area contributed by atoms with Crippen LogP contribution in [-0.4, -0.2) is 60.0 Å². The Hall–Kier alpha value is -4.05. The molecule has 2 amide bonds. The lowest BCUT2D eigenvalue weighted by Gasteiger charge is -2.28. The molecular weight excluding hydrogens is 530 g/mol. The van der Waals surface area contributed by atoms with Crippen LogP contribution in [0.15, 0.2) is 52.8 Å². The van der Waals surface area contributed by atoms with Crippen LogP contribution >= 0.6 is 0 Å². The topological polar surface area (TPSA) is 136 Å². The van der Waals surface area contributed by atoms with Gasteiger partial charge < -0.3 is 19.5 Å². The van der Waals surface area contributed by atoms with Crippen LogP contribution in [0, 0.1) is 16.9 Å². The van der Waals surface area contributed by atoms with Crippen LogP contribution in [0.2, 0.25) is 0 Å². The molecular formula is C32H39N7O3. The SMILES string of the molecule is CC1CC=CC2=C1C=C(C(=O)N1CCOCC1)Cn1c2c(C2CCCCC2)c2ccc(C(=O)NCC(=N)NN=N)cc21. The standard InChI is InChI=1S/C32H39N7O3/c1-20-6-5-9-24-26(20)16-23(32(41)38-12-14-42-15-13-38)19-39-27-17-22(31(40)35-18-28(33)36-37-34)10-11-25(27)29(30(24)39)21-7-3-2-4-8-21/h5,9-11,16-17,20-21H,2-4,6-8,12-15,18-19H2,1H3,(H,35,40)(H3,33,34,36). The van der Waals surface area contributed by atoms with Gasteiger partial charge in [0.05, 0.1) is 32.0 Å². The zero-order valence-electron chi connectivity index (χ0n) is 24.2. The third-order valence-electron chi connectivity index (χ3n) is 9.10. The number of morpholine rings is 1. The third-order valence-corrected chi connectivity index (χ3v) is 9.10. The largest absolute Gasteiger partial charge is 0.378 e. The van der Waals surface area contributed by atoms with Crippen LogP contribution in [0.4, 0.5) is 0 Å². The number of ether oxygens (including phenoxy) is 1. The van der Waals surface area contributed by atoms with E-state index in [-0.39, 0.29) is 24.2 Å². The van der Waals surface area contributed by atoms with E-state index in [1.54, 1.807) is 0 Å². The molecule has 1 atom stereocenters. The van der Waals surface area contributed by atoms with Gasteiger partial charge in [-0.3, -0.25) is 15.0 Å². The molecule has 2 aliphatic carbocycles. The van der Waals surface area contributed by atoms with E-state index in [2.05, 4.69) is 51.8 Å². The lowest BCUT2D eigenvalue weighted by atomic mass is 9.79. The fourth-order valence-corrected chi connectivity index (χ4v) is 6.97. The van der Waals surface area contributed by atoms with Crippen LogP contribution in [-0.2, 0) is 16.1 Å². The molecule has 1 aromatic carbocycles. The number of fused-ring (bicyclic) bond motifs is 4. The molecule has 10 heteroatoms. The molecule has 1 aromatic heterocycles. The molecule has 4 N–H and O–H groups in total. The molecule has 1 saturated carbocycles. The van der Waals surface area contributed by atoms with E-state index < -0.39 is 0 Å². The molecule has 2 aliphatic heterocycles. The minimum Gasteiger partial charge on any atom is -0.378 e. The Morgan fingerprint density at radius 2 is 1.93 bits per heavy atom. The maximum absolute atomic E-state index is 14.0. The highest BCUT2D eigenvalue weighted by molar-refractivity contribution is 6.03. The highest BCUT2D eigenvalue weighted by atomic mass is 16.5. The molecule has 42 heavy (non-hydrogen) atoms. The molecule has 4 aliphatic rings. The van der Waals surface area contributed by atoms with Crippen molar-refractivity contribution in [1.29, 1.82) is 10.9 Å². The van der Waals surface area contributed by atoms with E-state index in [1.165, 1.54) is 41.7 Å². The number of hydrogen-bond acceptors (Lipinski definition) is 6. The summed E-state index contributed by atoms with van der Waals surface area (Å²) in [5.41, 5.74) is 16.3. The number of carbonyl (C=O) groups is 2. The Balaban J connectivity index is 1.50. The molecule has 3 heterocycles. The van der Waals surface area contributed by atoms with Crippen molar-refractivity contribution < 1.29 is 14.3 Å². The molecule has 2 aromatic rings. The van der Waals surface area contributed by atoms with E-state index in [1.807, 2.05) is 17.0 Å². The number of amides is 2. The van der Waals surface area contributed by atoms with Gasteiger partial charge in [0.2, 0.25) is 0 Å². The van der Waals surface area contributed by atoms with Gasteiger partial charge >= 0.3 is 0 Å². The van der Waals surface area contributed by atoms with Crippen LogP contribution in [0.3, 0.4) is 0 Å². The highest BCUT2D eigenvalue weighted by Gasteiger charge is 2.33. The summed E-state index contributed by atoms with van der Waals surface area (Å²) in [6, 6.07) is 5.87. The number of hydrogen-bond donors (Lipinski definition) is 4. The van der Waals surface area contributed by atoms with E-state index >= 15 is 0 Å². The number of carbonyl (C=O) groups excluding carboxylic acids is 2. The lowest BCUT2D eigenvalue weighted by Crippen LogP contribution is -2.42. The highest BCUT2D eigenvalue weighted by Crippen LogP contribution is 2.46. The maximum atomic E-state index is 14.0. The number of benzene rings is 1. The summed E-state index contributed by atoms with van der Waals surface area (Å²) >= 11 is 0. The van der Waals surface area contributed by atoms with Gasteiger partial charge in [0.1, 0.15) is 5.84 Å². The number of rotatable bonds is 6. The zero-order chi connectivity index (χ0) is 29.2. The minimum atomic E-state index is -0.303. The molecule has 0 bridgehead atoms. The first-order valence-electron chi connectivity index (χ1n) is 15.1. The molecule has 2 fully saturated rings. The second kappa shape index (κ2) is 12.1. The molecule has 10 nitrogen and oxygen atoms in total. The van der Waals surface area contributed by atoms with Gasteiger partial charge in [-0.1, -0.05) is 49.6 Å². The maximum Gasteiger partial charge on any atom is 0.251 e. The van der Waals surface area contributed by atoms with Gasteiger partial charge in [-0.15, -0.1) is 0 Å². The first-order chi connectivity index (χ1) is 20.5. The van der Waals surface area contributed by atoms with Crippen molar-refractivity contribution in [2.75, 3.05) is 32.8 Å². The van der Waals surface area contributed by atoms with E-state index in [0.717, 1.165) is 35.7 Å². The number of allylic oxidation sites excluding steroid dienone is 5. The summed E-state index contributed by atoms with van der Waals surface area (Å²) in [5.74, 6) is 0.406. The van der Waals surface area contributed by atoms with Crippen LogP contribution < -0.4 is 10.7 Å². The molecule has 1 saturated heterocycles. The predicted molar refractivity (Wildman–Crippen MR) is 161 cm³/mol. The normalized spacial score (nSPS) is 20.8. The van der Waals surface area contributed by atoms with Crippen LogP contribution in [0.5, 0.6) is 0 Å². The van der Waals surface area contributed by atoms with Crippen molar-refractivity contribution in [3.05, 3.63) is 64.4 Å². The van der Waals surface area contributed by atoms with E-state index in [0.29, 0.717) is 50.2 Å². The first-order valence-corrected chi connectivity index (χ1v) is 15.1. The first kappa shape index (κ1) is 28.1. The van der Waals surface area contributed by atoms with E-state index in [4.69, 9.17) is 15.7 Å². The fraction of sp³-hybridized carbons (Fsp3) is 0.469. The monoisotopic (exact) mass is 569 g/mol. The van der Waals surface area contributed by atoms with Crippen molar-refractivity contribution in [3.63, 3.8) is 0 Å². The minimum absolute atomic E-state index is 0.0561. The smallest absolute Gasteiger partial charge is 0.251 e. The second-order valence-electron chi connectivity index (χ2n) is 11.8. The van der Waals surface area contributed by atoms with Gasteiger partial charge in [-0.25, -0.2) is 5.43 Å². The quantitative estimate of drug-likeness (QED) is 0.167. The van der Waals surface area contributed by atoms with Gasteiger partial charge in [0.25, 0.3) is 11.8 Å². The van der Waals surface area contributed by atoms with E-state index in [9.17, 15) is 9.59 Å². The Bertz CT molecular complexity index is 1520. The van der Waals surface area contributed by atoms with Crippen molar-refractivity contribution in [2.45, 2.75) is 57.9 Å². The van der Waals surface area contributed by atoms with Gasteiger partial charge in [-0.2, -0.15) is 5.53 Å². The Morgan fingerprint density at radius 1 is 1.14 bits per heavy atom. The summed E-state index contributed by atoms with van der Waals surface area (Å²) in [4.78, 5) is 29.0. The molecule has 1 unspecified atom stereocenters. The molecule has 220 valence electrons. The average molecular weight is 570 g/mol. The van der Waals surface area contributed by atoms with Crippen molar-refractivity contribution in [3.8, 4) is 0 Å². The van der Waals surface area contributed by atoms with Gasteiger partial charge in [0, 0.05) is 40.7 Å². The summed E-state index contributed by atoms with van der Waals surface area (Å²) in [7, 11) is 0. The van der Waals surface area contributed by atoms with Crippen LogP contribution in [0.25, 0.3) is 16.5 Å². The number of amidine groups is 1. The lowest BCUT2D eigenvalue weighted by molar-refractivity contribution is -0.131. The summed E-state index contributed by atoms with van der Waals surface area (Å²) in [6.07, 6.45) is 13.5. The molecule has 0 radical (unpaired) electrons. The molecule has 6 rings (SSSR count). The third kappa shape index (κ3) is 5.31. The van der Waals surface area contributed by atoms with Crippen molar-refractivity contribution in [2.24, 2.45) is 11.1 Å². The number of nitrogens with one attached hydrogen (secondary N) is 4. The number of aromatic nitrogens is 1. The fourth-order valence-electron chi connectivity index (χ4n) is 6.97. The van der Waals surface area contributed by atoms with Gasteiger partial charge in [0.15, 0.2) is 0 Å². The summed E-state index contributed by atoms with van der Waals surface area (Å²) in [6.45, 7) is 4.91. The molecule has 0 spiro atoms. The van der Waals surface area contributed by atoms with Crippen LogP contribution in [0.1, 0.15) is 73.0 Å². The van der Waals surface area contributed by atoms with Crippen molar-refractivity contribution >= 4 is 34.1 Å². The van der Waals surface area contributed by atoms with Gasteiger partial charge in [-0.05, 0) is 60.4 Å².